The monoisotopic (exact) mass is 518 g/mol. The standard InChI is InChI=1S/C29H23ClN8/c30-24-6-5-22(23-15-33-35-28(23)24)26-27(18-7-10-31-11-8-18)36-38-12-9-25(34-29(26)38)17-1-3-20(4-2-17)37-16-19-13-21(37)14-32-19/h1-12,15,19,21,32H,13-14,16H2,(H,33,35)/t19-,21-/m0/s1. The first-order chi connectivity index (χ1) is 18.7. The molecule has 2 fully saturated rings. The van der Waals surface area contributed by atoms with Gasteiger partial charge in [-0.05, 0) is 48.4 Å². The van der Waals surface area contributed by atoms with E-state index in [0.717, 1.165) is 63.3 Å². The fourth-order valence-corrected chi connectivity index (χ4v) is 6.18. The SMILES string of the molecule is Clc1ccc(-c2c(-c3ccncc3)nn3ccc(-c4ccc(N5C[C@@H]6C[C@H]5CN6)cc4)nc23)c2cn[nH]c12. The van der Waals surface area contributed by atoms with Crippen molar-refractivity contribution in [3.63, 3.8) is 0 Å². The first kappa shape index (κ1) is 21.8. The lowest BCUT2D eigenvalue weighted by atomic mass is 9.99. The molecule has 2 aliphatic rings. The van der Waals surface area contributed by atoms with Gasteiger partial charge in [-0.15, -0.1) is 0 Å². The quantitative estimate of drug-likeness (QED) is 0.333. The molecule has 9 heteroatoms. The number of halogens is 1. The molecule has 0 aliphatic carbocycles. The van der Waals surface area contributed by atoms with E-state index in [1.54, 1.807) is 18.6 Å². The van der Waals surface area contributed by atoms with Gasteiger partial charge in [-0.2, -0.15) is 10.2 Å². The van der Waals surface area contributed by atoms with Crippen molar-refractivity contribution >= 4 is 33.8 Å². The number of fused-ring (bicyclic) bond motifs is 4. The van der Waals surface area contributed by atoms with Crippen LogP contribution in [0, 0.1) is 0 Å². The van der Waals surface area contributed by atoms with Gasteiger partial charge in [0.15, 0.2) is 5.65 Å². The van der Waals surface area contributed by atoms with Gasteiger partial charge in [-0.25, -0.2) is 9.50 Å². The van der Waals surface area contributed by atoms with Crippen molar-refractivity contribution in [1.82, 2.24) is 35.1 Å². The number of nitrogens with one attached hydrogen (secondary N) is 2. The number of benzene rings is 2. The average Bonchev–Trinajstić information content (AvgIpc) is 3.77. The maximum absolute atomic E-state index is 6.47. The van der Waals surface area contributed by atoms with Crippen LogP contribution >= 0.6 is 11.6 Å². The molecular formula is C29H23ClN8. The highest BCUT2D eigenvalue weighted by molar-refractivity contribution is 6.35. The van der Waals surface area contributed by atoms with Crippen LogP contribution in [-0.2, 0) is 0 Å². The van der Waals surface area contributed by atoms with Gasteiger partial charge in [0, 0.05) is 66.0 Å². The zero-order chi connectivity index (χ0) is 25.2. The molecule has 0 spiro atoms. The molecule has 0 amide bonds. The van der Waals surface area contributed by atoms with Crippen LogP contribution in [0.4, 0.5) is 5.69 Å². The smallest absolute Gasteiger partial charge is 0.164 e. The summed E-state index contributed by atoms with van der Waals surface area (Å²) in [4.78, 5) is 11.9. The van der Waals surface area contributed by atoms with Crippen molar-refractivity contribution in [2.45, 2.75) is 18.5 Å². The normalized spacial score (nSPS) is 18.7. The van der Waals surface area contributed by atoms with E-state index >= 15 is 0 Å². The number of rotatable bonds is 4. The summed E-state index contributed by atoms with van der Waals surface area (Å²) in [5.41, 5.74) is 8.50. The molecule has 2 bridgehead atoms. The molecule has 0 radical (unpaired) electrons. The summed E-state index contributed by atoms with van der Waals surface area (Å²) in [6, 6.07) is 19.9. The average molecular weight is 519 g/mol. The van der Waals surface area contributed by atoms with Gasteiger partial charge in [0.2, 0.25) is 0 Å². The highest BCUT2D eigenvalue weighted by Crippen LogP contribution is 2.40. The molecule has 4 aromatic heterocycles. The van der Waals surface area contributed by atoms with E-state index in [1.165, 1.54) is 12.1 Å². The molecular weight excluding hydrogens is 496 g/mol. The van der Waals surface area contributed by atoms with E-state index in [-0.39, 0.29) is 0 Å². The molecule has 186 valence electrons. The van der Waals surface area contributed by atoms with Gasteiger partial charge < -0.3 is 10.2 Å². The second kappa shape index (κ2) is 8.37. The molecule has 8 rings (SSSR count). The summed E-state index contributed by atoms with van der Waals surface area (Å²) in [5, 5.41) is 17.4. The highest BCUT2D eigenvalue weighted by atomic mass is 35.5. The van der Waals surface area contributed by atoms with Crippen molar-refractivity contribution in [2.75, 3.05) is 18.0 Å². The van der Waals surface area contributed by atoms with E-state index in [9.17, 15) is 0 Å². The lowest BCUT2D eigenvalue weighted by Crippen LogP contribution is -2.43. The van der Waals surface area contributed by atoms with Gasteiger partial charge in [0.1, 0.15) is 5.69 Å². The van der Waals surface area contributed by atoms with Gasteiger partial charge in [0.25, 0.3) is 0 Å². The van der Waals surface area contributed by atoms with Crippen molar-refractivity contribution < 1.29 is 0 Å². The number of H-pyrrole nitrogens is 1. The molecule has 2 N–H and O–H groups in total. The highest BCUT2D eigenvalue weighted by Gasteiger charge is 2.37. The summed E-state index contributed by atoms with van der Waals surface area (Å²) < 4.78 is 1.84. The second-order valence-corrected chi connectivity index (χ2v) is 10.4. The molecule has 6 aromatic rings. The third kappa shape index (κ3) is 3.34. The number of anilines is 1. The Labute approximate surface area is 223 Å². The zero-order valence-corrected chi connectivity index (χ0v) is 21.1. The van der Waals surface area contributed by atoms with E-state index in [1.807, 2.05) is 41.0 Å². The minimum atomic E-state index is 0.598. The summed E-state index contributed by atoms with van der Waals surface area (Å²) in [6.07, 6.45) is 8.58. The topological polar surface area (TPSA) is 87.0 Å². The van der Waals surface area contributed by atoms with Crippen LogP contribution in [0.2, 0.25) is 5.02 Å². The Kier molecular flexibility index (Phi) is 4.80. The lowest BCUT2D eigenvalue weighted by molar-refractivity contribution is 0.580. The van der Waals surface area contributed by atoms with Crippen molar-refractivity contribution in [3.05, 3.63) is 84.4 Å². The van der Waals surface area contributed by atoms with Crippen LogP contribution in [0.15, 0.2) is 79.4 Å². The Morgan fingerprint density at radius 3 is 2.61 bits per heavy atom. The van der Waals surface area contributed by atoms with Gasteiger partial charge in [0.05, 0.1) is 28.0 Å². The van der Waals surface area contributed by atoms with Crippen LogP contribution in [0.25, 0.3) is 50.2 Å². The zero-order valence-electron chi connectivity index (χ0n) is 20.3. The first-order valence-corrected chi connectivity index (χ1v) is 13.1. The van der Waals surface area contributed by atoms with Gasteiger partial charge in [-0.1, -0.05) is 29.8 Å². The van der Waals surface area contributed by atoms with E-state index in [2.05, 4.69) is 49.7 Å². The van der Waals surface area contributed by atoms with Crippen molar-refractivity contribution in [1.29, 1.82) is 0 Å². The Balaban J connectivity index is 1.28. The summed E-state index contributed by atoms with van der Waals surface area (Å²) in [7, 11) is 0. The number of pyridine rings is 1. The van der Waals surface area contributed by atoms with E-state index < -0.39 is 0 Å². The van der Waals surface area contributed by atoms with Crippen molar-refractivity contribution in [3.8, 4) is 33.6 Å². The molecule has 0 saturated carbocycles. The molecule has 38 heavy (non-hydrogen) atoms. The summed E-state index contributed by atoms with van der Waals surface area (Å²) in [5.74, 6) is 0. The van der Waals surface area contributed by atoms with Crippen LogP contribution in [0.5, 0.6) is 0 Å². The number of aromatic amines is 1. The number of hydrogen-bond acceptors (Lipinski definition) is 6. The third-order valence-electron chi connectivity index (χ3n) is 7.82. The molecule has 2 aliphatic heterocycles. The molecule has 2 saturated heterocycles. The predicted octanol–water partition coefficient (Wildman–Crippen LogP) is 5.21. The molecule has 2 atom stereocenters. The fourth-order valence-electron chi connectivity index (χ4n) is 5.97. The number of nitrogens with zero attached hydrogens (tertiary/aromatic N) is 6. The molecule has 8 nitrogen and oxygen atoms in total. The van der Waals surface area contributed by atoms with Crippen LogP contribution in [0.1, 0.15) is 6.42 Å². The maximum atomic E-state index is 6.47. The Morgan fingerprint density at radius 2 is 1.82 bits per heavy atom. The Bertz CT molecular complexity index is 1810. The number of piperazine rings is 1. The van der Waals surface area contributed by atoms with Gasteiger partial charge in [-0.3, -0.25) is 10.1 Å². The summed E-state index contributed by atoms with van der Waals surface area (Å²) >= 11 is 6.47. The first-order valence-electron chi connectivity index (χ1n) is 12.7. The molecule has 0 unspecified atom stereocenters. The third-order valence-corrected chi connectivity index (χ3v) is 8.14. The van der Waals surface area contributed by atoms with Gasteiger partial charge >= 0.3 is 0 Å². The number of hydrogen-bond donors (Lipinski definition) is 2. The van der Waals surface area contributed by atoms with Crippen LogP contribution in [-0.4, -0.2) is 55.0 Å². The molecule has 6 heterocycles. The summed E-state index contributed by atoms with van der Waals surface area (Å²) in [6.45, 7) is 2.15. The fraction of sp³-hybridized carbons (Fsp3) is 0.172. The van der Waals surface area contributed by atoms with Crippen molar-refractivity contribution in [2.24, 2.45) is 0 Å². The largest absolute Gasteiger partial charge is 0.366 e. The second-order valence-electron chi connectivity index (χ2n) is 9.99. The Hall–Kier alpha value is -4.27. The van der Waals surface area contributed by atoms with E-state index in [0.29, 0.717) is 17.1 Å². The lowest BCUT2D eigenvalue weighted by Gasteiger charge is -2.29. The van der Waals surface area contributed by atoms with Crippen LogP contribution in [0.3, 0.4) is 0 Å². The minimum Gasteiger partial charge on any atom is -0.366 e. The van der Waals surface area contributed by atoms with E-state index in [4.69, 9.17) is 21.7 Å². The maximum Gasteiger partial charge on any atom is 0.164 e. The van der Waals surface area contributed by atoms with Crippen LogP contribution < -0.4 is 10.2 Å². The minimum absolute atomic E-state index is 0.598. The predicted molar refractivity (Wildman–Crippen MR) is 149 cm³/mol. The Morgan fingerprint density at radius 1 is 0.947 bits per heavy atom. The number of aromatic nitrogens is 6. The molecule has 2 aromatic carbocycles.